The van der Waals surface area contributed by atoms with E-state index in [1.165, 1.54) is 19.4 Å². The van der Waals surface area contributed by atoms with Crippen molar-refractivity contribution in [3.8, 4) is 0 Å². The van der Waals surface area contributed by atoms with E-state index in [1.807, 2.05) is 18.1 Å². The van der Waals surface area contributed by atoms with E-state index in [9.17, 15) is 4.79 Å². The molecule has 3 rings (SSSR count). The number of hydrogen-bond donors (Lipinski definition) is 1. The summed E-state index contributed by atoms with van der Waals surface area (Å²) in [6, 6.07) is 0.596. The highest BCUT2D eigenvalue weighted by Crippen LogP contribution is 2.19. The van der Waals surface area contributed by atoms with Gasteiger partial charge in [0.15, 0.2) is 5.96 Å². The Bertz CT molecular complexity index is 684. The first-order valence-corrected chi connectivity index (χ1v) is 10.5. The normalized spacial score (nSPS) is 22.2. The molecule has 3 heterocycles. The van der Waals surface area contributed by atoms with E-state index in [0.717, 1.165) is 37.8 Å². The van der Waals surface area contributed by atoms with Gasteiger partial charge >= 0.3 is 0 Å². The highest BCUT2D eigenvalue weighted by Gasteiger charge is 2.28. The Balaban J connectivity index is 1.60. The van der Waals surface area contributed by atoms with E-state index in [4.69, 9.17) is 4.99 Å². The summed E-state index contributed by atoms with van der Waals surface area (Å²) in [6.45, 7) is 12.3. The van der Waals surface area contributed by atoms with Crippen LogP contribution in [0.1, 0.15) is 33.6 Å². The first kappa shape index (κ1) is 20.6. The molecule has 0 aliphatic carbocycles. The molecule has 1 N–H and O–H groups in total. The van der Waals surface area contributed by atoms with Crippen LogP contribution in [0.15, 0.2) is 17.4 Å². The number of carbonyl (C=O) groups is 1. The lowest BCUT2D eigenvalue weighted by atomic mass is 9.97. The molecule has 0 spiro atoms. The van der Waals surface area contributed by atoms with Gasteiger partial charge in [-0.05, 0) is 46.1 Å². The number of hydrogen-bond acceptors (Lipinski definition) is 4. The lowest BCUT2D eigenvalue weighted by molar-refractivity contribution is -0.120. The third kappa shape index (κ3) is 5.04. The van der Waals surface area contributed by atoms with Crippen LogP contribution in [0.3, 0.4) is 0 Å². The SMILES string of the molecule is CCNC(=NCC1CCCN(C(C)C)C1)N1CCN(c2cnn(C)c2)C(=O)C1. The fraction of sp³-hybridized carbons (Fsp3) is 0.750. The van der Waals surface area contributed by atoms with Crippen molar-refractivity contribution >= 4 is 17.6 Å². The van der Waals surface area contributed by atoms with Gasteiger partial charge in [0, 0.05) is 52.0 Å². The van der Waals surface area contributed by atoms with Gasteiger partial charge in [0.1, 0.15) is 6.54 Å². The van der Waals surface area contributed by atoms with Crippen LogP contribution >= 0.6 is 0 Å². The predicted molar refractivity (Wildman–Crippen MR) is 113 cm³/mol. The van der Waals surface area contributed by atoms with Crippen LogP contribution in [0, 0.1) is 5.92 Å². The molecule has 1 aromatic rings. The lowest BCUT2D eigenvalue weighted by Gasteiger charge is -2.36. The van der Waals surface area contributed by atoms with Crippen LogP contribution in [0.4, 0.5) is 5.69 Å². The van der Waals surface area contributed by atoms with Crippen molar-refractivity contribution in [3.63, 3.8) is 0 Å². The number of carbonyl (C=O) groups excluding carboxylic acids is 1. The van der Waals surface area contributed by atoms with Crippen LogP contribution in [-0.2, 0) is 11.8 Å². The van der Waals surface area contributed by atoms with Gasteiger partial charge < -0.3 is 20.0 Å². The molecule has 1 atom stereocenters. The maximum Gasteiger partial charge on any atom is 0.246 e. The van der Waals surface area contributed by atoms with Crippen LogP contribution in [-0.4, -0.2) is 83.3 Å². The second-order valence-corrected chi connectivity index (χ2v) is 8.13. The third-order valence-corrected chi connectivity index (χ3v) is 5.64. The zero-order chi connectivity index (χ0) is 20.1. The minimum atomic E-state index is 0.0912. The van der Waals surface area contributed by atoms with Crippen molar-refractivity contribution in [2.75, 3.05) is 50.7 Å². The van der Waals surface area contributed by atoms with Crippen LogP contribution in [0.2, 0.25) is 0 Å². The summed E-state index contributed by atoms with van der Waals surface area (Å²) < 4.78 is 1.73. The number of rotatable bonds is 5. The molecule has 2 saturated heterocycles. The molecule has 0 radical (unpaired) electrons. The van der Waals surface area contributed by atoms with Gasteiger partial charge in [-0.25, -0.2) is 0 Å². The number of aliphatic imine (C=N–C) groups is 1. The molecule has 2 aliphatic heterocycles. The van der Waals surface area contributed by atoms with Crippen molar-refractivity contribution in [2.24, 2.45) is 18.0 Å². The summed E-state index contributed by atoms with van der Waals surface area (Å²) in [4.78, 5) is 24.1. The fourth-order valence-electron chi connectivity index (χ4n) is 4.03. The first-order valence-electron chi connectivity index (χ1n) is 10.5. The van der Waals surface area contributed by atoms with E-state index in [2.05, 4.69) is 41.0 Å². The van der Waals surface area contributed by atoms with Gasteiger partial charge in [0.25, 0.3) is 0 Å². The number of anilines is 1. The minimum absolute atomic E-state index is 0.0912. The largest absolute Gasteiger partial charge is 0.357 e. The standard InChI is InChI=1S/C20H35N7O/c1-5-21-20(22-11-17-7-6-8-25(13-17)16(2)3)26-9-10-27(19(28)15-26)18-12-23-24(4)14-18/h12,14,16-17H,5-11,13,15H2,1-4H3,(H,21,22). The van der Waals surface area contributed by atoms with Gasteiger partial charge in [-0.1, -0.05) is 0 Å². The molecule has 2 fully saturated rings. The molecule has 1 unspecified atom stereocenters. The van der Waals surface area contributed by atoms with Crippen molar-refractivity contribution in [1.29, 1.82) is 0 Å². The molecule has 1 amide bonds. The number of nitrogens with one attached hydrogen (secondary N) is 1. The summed E-state index contributed by atoms with van der Waals surface area (Å²) in [5.41, 5.74) is 0.866. The van der Waals surface area contributed by atoms with Crippen molar-refractivity contribution < 1.29 is 4.79 Å². The van der Waals surface area contributed by atoms with Gasteiger partial charge in [-0.15, -0.1) is 0 Å². The van der Waals surface area contributed by atoms with Gasteiger partial charge in [-0.3, -0.25) is 14.5 Å². The molecular weight excluding hydrogens is 354 g/mol. The van der Waals surface area contributed by atoms with Crippen molar-refractivity contribution in [2.45, 2.75) is 39.7 Å². The second-order valence-electron chi connectivity index (χ2n) is 8.13. The fourth-order valence-corrected chi connectivity index (χ4v) is 4.03. The predicted octanol–water partition coefficient (Wildman–Crippen LogP) is 1.15. The molecule has 156 valence electrons. The van der Waals surface area contributed by atoms with Crippen LogP contribution in [0.25, 0.3) is 0 Å². The summed E-state index contributed by atoms with van der Waals surface area (Å²) in [5.74, 6) is 1.55. The Kier molecular flexibility index (Phi) is 6.93. The molecule has 2 aliphatic rings. The van der Waals surface area contributed by atoms with Gasteiger partial charge in [-0.2, -0.15) is 5.10 Å². The summed E-state index contributed by atoms with van der Waals surface area (Å²) in [7, 11) is 1.87. The Morgan fingerprint density at radius 1 is 1.36 bits per heavy atom. The molecule has 28 heavy (non-hydrogen) atoms. The number of aromatic nitrogens is 2. The van der Waals surface area contributed by atoms with Crippen molar-refractivity contribution in [1.82, 2.24) is 24.9 Å². The number of aryl methyl sites for hydroxylation is 1. The molecule has 0 aromatic carbocycles. The minimum Gasteiger partial charge on any atom is -0.357 e. The number of nitrogens with zero attached hydrogens (tertiary/aromatic N) is 6. The zero-order valence-electron chi connectivity index (χ0n) is 17.8. The summed E-state index contributed by atoms with van der Waals surface area (Å²) >= 11 is 0. The second kappa shape index (κ2) is 9.41. The monoisotopic (exact) mass is 389 g/mol. The summed E-state index contributed by atoms with van der Waals surface area (Å²) in [6.07, 6.45) is 6.11. The van der Waals surface area contributed by atoms with E-state index in [0.29, 0.717) is 25.0 Å². The Morgan fingerprint density at radius 3 is 2.82 bits per heavy atom. The topological polar surface area (TPSA) is 69.0 Å². The Hall–Kier alpha value is -2.09. The quantitative estimate of drug-likeness (QED) is 0.604. The van der Waals surface area contributed by atoms with Crippen molar-refractivity contribution in [3.05, 3.63) is 12.4 Å². The lowest BCUT2D eigenvalue weighted by Crippen LogP contribution is -2.55. The number of guanidine groups is 1. The van der Waals surface area contributed by atoms with E-state index in [1.54, 1.807) is 10.9 Å². The highest BCUT2D eigenvalue weighted by molar-refractivity contribution is 5.98. The molecular formula is C20H35N7O. The molecule has 1 aromatic heterocycles. The maximum absolute atomic E-state index is 12.7. The molecule has 0 saturated carbocycles. The highest BCUT2D eigenvalue weighted by atomic mass is 16.2. The molecule has 0 bridgehead atoms. The Morgan fingerprint density at radius 2 is 2.18 bits per heavy atom. The van der Waals surface area contributed by atoms with Crippen LogP contribution < -0.4 is 10.2 Å². The van der Waals surface area contributed by atoms with E-state index < -0.39 is 0 Å². The number of amides is 1. The average molecular weight is 390 g/mol. The molecule has 8 heteroatoms. The van der Waals surface area contributed by atoms with Gasteiger partial charge in [0.2, 0.25) is 5.91 Å². The zero-order valence-corrected chi connectivity index (χ0v) is 17.8. The maximum atomic E-state index is 12.7. The number of piperidine rings is 1. The Labute approximate surface area is 168 Å². The number of piperazine rings is 1. The third-order valence-electron chi connectivity index (χ3n) is 5.64. The molecule has 8 nitrogen and oxygen atoms in total. The number of likely N-dealkylation sites (tertiary alicyclic amines) is 1. The average Bonchev–Trinajstić information content (AvgIpc) is 3.11. The summed E-state index contributed by atoms with van der Waals surface area (Å²) in [5, 5.41) is 7.56. The van der Waals surface area contributed by atoms with E-state index in [-0.39, 0.29) is 5.91 Å². The first-order chi connectivity index (χ1) is 13.5. The van der Waals surface area contributed by atoms with Crippen LogP contribution in [0.5, 0.6) is 0 Å². The smallest absolute Gasteiger partial charge is 0.246 e. The van der Waals surface area contributed by atoms with E-state index >= 15 is 0 Å². The van der Waals surface area contributed by atoms with Gasteiger partial charge in [0.05, 0.1) is 11.9 Å².